The van der Waals surface area contributed by atoms with E-state index in [4.69, 9.17) is 0 Å². The fraction of sp³-hybridized carbons (Fsp3) is 0. The summed E-state index contributed by atoms with van der Waals surface area (Å²) in [6.45, 7) is 0. The number of thioether (sulfide) groups is 2. The standard InChI is InChI=1S/C16H9NOS2/c17-10-12(15(18)11-6-2-1-3-7-11)16-19-13-8-4-5-9-14(13)20-16/h1-9H. The second kappa shape index (κ2) is 5.58. The van der Waals surface area contributed by atoms with Gasteiger partial charge >= 0.3 is 0 Å². The van der Waals surface area contributed by atoms with Crippen molar-refractivity contribution in [3.63, 3.8) is 0 Å². The normalized spacial score (nSPS) is 12.7. The van der Waals surface area contributed by atoms with Crippen molar-refractivity contribution < 1.29 is 4.79 Å². The van der Waals surface area contributed by atoms with E-state index in [1.54, 1.807) is 24.3 Å². The number of Topliss-reactive ketones (excluding diaryl/α,β-unsaturated/α-hetero) is 1. The summed E-state index contributed by atoms with van der Waals surface area (Å²) in [6, 6.07) is 18.9. The van der Waals surface area contributed by atoms with Crippen molar-refractivity contribution in [2.45, 2.75) is 9.79 Å². The predicted molar refractivity (Wildman–Crippen MR) is 81.6 cm³/mol. The van der Waals surface area contributed by atoms with Crippen molar-refractivity contribution in [3.8, 4) is 6.07 Å². The number of rotatable bonds is 2. The van der Waals surface area contributed by atoms with Gasteiger partial charge in [0.25, 0.3) is 0 Å². The Morgan fingerprint density at radius 2 is 1.45 bits per heavy atom. The molecule has 0 spiro atoms. The minimum atomic E-state index is -0.212. The zero-order valence-electron chi connectivity index (χ0n) is 10.4. The molecule has 1 aliphatic heterocycles. The van der Waals surface area contributed by atoms with Crippen molar-refractivity contribution in [2.75, 3.05) is 0 Å². The Morgan fingerprint density at radius 3 is 2.00 bits per heavy atom. The summed E-state index contributed by atoms with van der Waals surface area (Å²) in [5.74, 6) is -0.212. The van der Waals surface area contributed by atoms with E-state index >= 15 is 0 Å². The maximum Gasteiger partial charge on any atom is 0.205 e. The van der Waals surface area contributed by atoms with Gasteiger partial charge in [0.15, 0.2) is 0 Å². The number of hydrogen-bond donors (Lipinski definition) is 0. The number of ketones is 1. The van der Waals surface area contributed by atoms with E-state index in [0.717, 1.165) is 14.0 Å². The molecule has 0 N–H and O–H groups in total. The summed E-state index contributed by atoms with van der Waals surface area (Å²) < 4.78 is 0.766. The minimum absolute atomic E-state index is 0.212. The number of allylic oxidation sites excluding steroid dienone is 1. The molecule has 2 aromatic carbocycles. The number of carbonyl (C=O) groups is 1. The highest BCUT2D eigenvalue weighted by molar-refractivity contribution is 8.24. The van der Waals surface area contributed by atoms with Crippen LogP contribution in [0.3, 0.4) is 0 Å². The predicted octanol–water partition coefficient (Wildman–Crippen LogP) is 4.50. The molecule has 0 unspecified atom stereocenters. The first-order chi connectivity index (χ1) is 9.79. The Kier molecular flexibility index (Phi) is 3.64. The molecule has 4 heteroatoms. The molecule has 2 aromatic rings. The third kappa shape index (κ3) is 2.38. The lowest BCUT2D eigenvalue weighted by Crippen LogP contribution is -2.02. The monoisotopic (exact) mass is 295 g/mol. The molecule has 0 fully saturated rings. The van der Waals surface area contributed by atoms with Gasteiger partial charge in [0.2, 0.25) is 5.78 Å². The van der Waals surface area contributed by atoms with Crippen LogP contribution in [0.25, 0.3) is 0 Å². The molecule has 1 aliphatic rings. The third-order valence-corrected chi connectivity index (χ3v) is 5.39. The molecule has 0 atom stereocenters. The summed E-state index contributed by atoms with van der Waals surface area (Å²) in [5, 5.41) is 9.34. The lowest BCUT2D eigenvalue weighted by atomic mass is 10.1. The van der Waals surface area contributed by atoms with Gasteiger partial charge in [-0.3, -0.25) is 4.79 Å². The molecule has 3 rings (SSSR count). The summed E-state index contributed by atoms with van der Waals surface area (Å²) in [4.78, 5) is 14.6. The van der Waals surface area contributed by atoms with E-state index in [9.17, 15) is 10.1 Å². The number of nitrogens with zero attached hydrogens (tertiary/aromatic N) is 1. The Balaban J connectivity index is 1.99. The van der Waals surface area contributed by atoms with Gasteiger partial charge in [-0.1, -0.05) is 66.0 Å². The summed E-state index contributed by atoms with van der Waals surface area (Å²) in [5.41, 5.74) is 0.774. The van der Waals surface area contributed by atoms with Gasteiger partial charge in [-0.05, 0) is 12.1 Å². The third-order valence-electron chi connectivity index (χ3n) is 2.83. The molecule has 0 aliphatic carbocycles. The van der Waals surface area contributed by atoms with Gasteiger partial charge < -0.3 is 0 Å². The van der Waals surface area contributed by atoms with Crippen LogP contribution in [-0.2, 0) is 0 Å². The Bertz CT molecular complexity index is 718. The minimum Gasteiger partial charge on any atom is -0.288 e. The lowest BCUT2D eigenvalue weighted by molar-refractivity contribution is 0.103. The topological polar surface area (TPSA) is 40.9 Å². The van der Waals surface area contributed by atoms with Crippen molar-refractivity contribution in [3.05, 3.63) is 70.0 Å². The fourth-order valence-corrected chi connectivity index (χ4v) is 4.33. The quantitative estimate of drug-likeness (QED) is 0.464. The zero-order valence-corrected chi connectivity index (χ0v) is 12.0. The van der Waals surface area contributed by atoms with Crippen LogP contribution in [0.1, 0.15) is 10.4 Å². The van der Waals surface area contributed by atoms with Crippen LogP contribution in [0.2, 0.25) is 0 Å². The number of nitriles is 1. The van der Waals surface area contributed by atoms with Gasteiger partial charge in [0, 0.05) is 15.4 Å². The second-order valence-corrected chi connectivity index (χ2v) is 6.48. The molecule has 0 amide bonds. The highest BCUT2D eigenvalue weighted by Gasteiger charge is 2.24. The Hall–Kier alpha value is -1.96. The molecular formula is C16H9NOS2. The Morgan fingerprint density at radius 1 is 0.900 bits per heavy atom. The van der Waals surface area contributed by atoms with Crippen molar-refractivity contribution in [1.82, 2.24) is 0 Å². The average molecular weight is 295 g/mol. The molecule has 96 valence electrons. The SMILES string of the molecule is N#CC(C(=O)c1ccccc1)=C1Sc2ccccc2S1. The van der Waals surface area contributed by atoms with E-state index in [0.29, 0.717) is 5.56 Å². The highest BCUT2D eigenvalue weighted by atomic mass is 32.2. The second-order valence-electron chi connectivity index (χ2n) is 4.12. The average Bonchev–Trinajstić information content (AvgIpc) is 2.92. The summed E-state index contributed by atoms with van der Waals surface area (Å²) in [7, 11) is 0. The van der Waals surface area contributed by atoms with Crippen LogP contribution >= 0.6 is 23.5 Å². The van der Waals surface area contributed by atoms with Gasteiger partial charge in [-0.15, -0.1) is 0 Å². The van der Waals surface area contributed by atoms with Gasteiger partial charge in [0.05, 0.1) is 4.24 Å². The van der Waals surface area contributed by atoms with Crippen LogP contribution in [0.4, 0.5) is 0 Å². The van der Waals surface area contributed by atoms with Gasteiger partial charge in [-0.25, -0.2) is 0 Å². The van der Waals surface area contributed by atoms with E-state index < -0.39 is 0 Å². The number of fused-ring (bicyclic) bond motifs is 1. The van der Waals surface area contributed by atoms with Gasteiger partial charge in [0.1, 0.15) is 11.6 Å². The molecule has 1 heterocycles. The van der Waals surface area contributed by atoms with Gasteiger partial charge in [-0.2, -0.15) is 5.26 Å². The van der Waals surface area contributed by atoms with E-state index in [-0.39, 0.29) is 11.4 Å². The molecule has 2 nitrogen and oxygen atoms in total. The number of benzene rings is 2. The molecule has 0 saturated heterocycles. The molecule has 20 heavy (non-hydrogen) atoms. The smallest absolute Gasteiger partial charge is 0.205 e. The molecule has 0 saturated carbocycles. The van der Waals surface area contributed by atoms with E-state index in [1.165, 1.54) is 23.5 Å². The maximum atomic E-state index is 12.4. The zero-order chi connectivity index (χ0) is 13.9. The lowest BCUT2D eigenvalue weighted by Gasteiger charge is -2.01. The van der Waals surface area contributed by atoms with Crippen LogP contribution in [-0.4, -0.2) is 5.78 Å². The highest BCUT2D eigenvalue weighted by Crippen LogP contribution is 2.52. The first-order valence-corrected chi connectivity index (χ1v) is 7.62. The largest absolute Gasteiger partial charge is 0.288 e. The molecule has 0 aromatic heterocycles. The molecule has 0 bridgehead atoms. The molecule has 0 radical (unpaired) electrons. The van der Waals surface area contributed by atoms with Crippen molar-refractivity contribution >= 4 is 29.3 Å². The first kappa shape index (κ1) is 13.0. The van der Waals surface area contributed by atoms with E-state index in [1.807, 2.05) is 30.3 Å². The van der Waals surface area contributed by atoms with Crippen molar-refractivity contribution in [1.29, 1.82) is 5.26 Å². The first-order valence-electron chi connectivity index (χ1n) is 5.98. The number of carbonyl (C=O) groups excluding carboxylic acids is 1. The van der Waals surface area contributed by atoms with Crippen LogP contribution in [0.5, 0.6) is 0 Å². The van der Waals surface area contributed by atoms with Crippen molar-refractivity contribution in [2.24, 2.45) is 0 Å². The Labute approximate surface area is 125 Å². The van der Waals surface area contributed by atoms with Crippen LogP contribution in [0.15, 0.2) is 74.2 Å². The maximum absolute atomic E-state index is 12.4. The number of hydrogen-bond acceptors (Lipinski definition) is 4. The van der Waals surface area contributed by atoms with Crippen LogP contribution in [0, 0.1) is 11.3 Å². The molecular weight excluding hydrogens is 286 g/mol. The fourth-order valence-electron chi connectivity index (χ4n) is 1.86. The van der Waals surface area contributed by atoms with Crippen LogP contribution < -0.4 is 0 Å². The summed E-state index contributed by atoms with van der Waals surface area (Å²) in [6.07, 6.45) is 0. The van der Waals surface area contributed by atoms with E-state index in [2.05, 4.69) is 6.07 Å². The summed E-state index contributed by atoms with van der Waals surface area (Å²) >= 11 is 2.98.